The number of benzene rings is 3. The van der Waals surface area contributed by atoms with Crippen molar-refractivity contribution in [2.45, 2.75) is 6.92 Å². The summed E-state index contributed by atoms with van der Waals surface area (Å²) in [5.41, 5.74) is 3.23. The van der Waals surface area contributed by atoms with Gasteiger partial charge in [-0.3, -0.25) is 9.36 Å². The number of para-hydroxylation sites is 1. The van der Waals surface area contributed by atoms with Crippen molar-refractivity contribution < 1.29 is 0 Å². The minimum absolute atomic E-state index is 0.105. The Morgan fingerprint density at radius 1 is 1.00 bits per heavy atom. The molecule has 0 amide bonds. The van der Waals surface area contributed by atoms with Gasteiger partial charge >= 0.3 is 0 Å². The van der Waals surface area contributed by atoms with E-state index >= 15 is 0 Å². The Hall–Kier alpha value is -2.69. The molecule has 0 bridgehead atoms. The maximum absolute atomic E-state index is 13.3. The Labute approximate surface area is 176 Å². The Kier molecular flexibility index (Phi) is 5.16. The lowest BCUT2D eigenvalue weighted by Crippen LogP contribution is -2.22. The first-order valence-corrected chi connectivity index (χ1v) is 9.92. The van der Waals surface area contributed by atoms with Gasteiger partial charge in [-0.1, -0.05) is 57.9 Å². The monoisotopic (exact) mass is 450 g/mol. The Bertz CT molecular complexity index is 1280. The van der Waals surface area contributed by atoms with Crippen molar-refractivity contribution in [3.8, 4) is 5.69 Å². The zero-order valence-electron chi connectivity index (χ0n) is 15.1. The second-order valence-electron chi connectivity index (χ2n) is 6.42. The number of aromatic nitrogens is 2. The SMILES string of the molecule is Cc1cc(-n2c(C=Cc3ccccc3Cl)nc3ccccc3c2=O)ccc1Br. The molecule has 0 atom stereocenters. The second kappa shape index (κ2) is 7.74. The van der Waals surface area contributed by atoms with Gasteiger partial charge in [-0.15, -0.1) is 0 Å². The highest BCUT2D eigenvalue weighted by molar-refractivity contribution is 9.10. The molecule has 0 unspecified atom stereocenters. The summed E-state index contributed by atoms with van der Waals surface area (Å²) in [4.78, 5) is 18.0. The Morgan fingerprint density at radius 3 is 2.54 bits per heavy atom. The van der Waals surface area contributed by atoms with Gasteiger partial charge < -0.3 is 0 Å². The molecule has 4 rings (SSSR count). The van der Waals surface area contributed by atoms with E-state index in [4.69, 9.17) is 16.6 Å². The number of fused-ring (bicyclic) bond motifs is 1. The fourth-order valence-corrected chi connectivity index (χ4v) is 3.50. The Balaban J connectivity index is 1.97. The molecule has 0 fully saturated rings. The lowest BCUT2D eigenvalue weighted by molar-refractivity contribution is 0.941. The van der Waals surface area contributed by atoms with Crippen molar-refractivity contribution in [2.24, 2.45) is 0 Å². The van der Waals surface area contributed by atoms with Crippen LogP contribution in [0.1, 0.15) is 17.0 Å². The highest BCUT2D eigenvalue weighted by atomic mass is 79.9. The van der Waals surface area contributed by atoms with E-state index in [1.54, 1.807) is 10.6 Å². The summed E-state index contributed by atoms with van der Waals surface area (Å²) in [7, 11) is 0. The number of hydrogen-bond acceptors (Lipinski definition) is 2. The van der Waals surface area contributed by atoms with Gasteiger partial charge in [0.15, 0.2) is 0 Å². The van der Waals surface area contributed by atoms with E-state index in [1.807, 2.05) is 79.7 Å². The van der Waals surface area contributed by atoms with E-state index in [2.05, 4.69) is 15.9 Å². The molecule has 0 spiro atoms. The van der Waals surface area contributed by atoms with Gasteiger partial charge in [-0.05, 0) is 66.6 Å². The third-order valence-electron chi connectivity index (χ3n) is 4.52. The minimum Gasteiger partial charge on any atom is -0.268 e. The highest BCUT2D eigenvalue weighted by Gasteiger charge is 2.12. The van der Waals surface area contributed by atoms with Crippen LogP contribution in [0.15, 0.2) is 76.0 Å². The molecule has 28 heavy (non-hydrogen) atoms. The van der Waals surface area contributed by atoms with Gasteiger partial charge in [-0.2, -0.15) is 0 Å². The van der Waals surface area contributed by atoms with Gasteiger partial charge in [0.05, 0.1) is 16.6 Å². The first-order valence-electron chi connectivity index (χ1n) is 8.75. The molecule has 0 aliphatic carbocycles. The van der Waals surface area contributed by atoms with Crippen LogP contribution in [0.2, 0.25) is 5.02 Å². The molecule has 0 radical (unpaired) electrons. The lowest BCUT2D eigenvalue weighted by atomic mass is 10.2. The van der Waals surface area contributed by atoms with Crippen molar-refractivity contribution in [3.63, 3.8) is 0 Å². The molecular formula is C23H16BrClN2O. The summed E-state index contributed by atoms with van der Waals surface area (Å²) in [5, 5.41) is 1.23. The van der Waals surface area contributed by atoms with Gasteiger partial charge in [0, 0.05) is 9.50 Å². The second-order valence-corrected chi connectivity index (χ2v) is 7.68. The predicted molar refractivity (Wildman–Crippen MR) is 120 cm³/mol. The molecule has 0 saturated carbocycles. The molecule has 4 aromatic rings. The van der Waals surface area contributed by atoms with E-state index < -0.39 is 0 Å². The standard InChI is InChI=1S/C23H16BrClN2O/c1-15-14-17(11-12-19(15)24)27-22(13-10-16-6-2-4-8-20(16)25)26-21-9-5-3-7-18(21)23(27)28/h2-14H,1H3. The van der Waals surface area contributed by atoms with Crippen LogP contribution in [0.4, 0.5) is 0 Å². The Morgan fingerprint density at radius 2 is 1.75 bits per heavy atom. The molecule has 1 aromatic heterocycles. The van der Waals surface area contributed by atoms with Crippen LogP contribution in [-0.4, -0.2) is 9.55 Å². The van der Waals surface area contributed by atoms with Crippen molar-refractivity contribution >= 4 is 50.6 Å². The summed E-state index contributed by atoms with van der Waals surface area (Å²) in [6.07, 6.45) is 3.70. The molecule has 1 heterocycles. The van der Waals surface area contributed by atoms with Crippen molar-refractivity contribution in [3.05, 3.63) is 104 Å². The van der Waals surface area contributed by atoms with Crippen LogP contribution in [-0.2, 0) is 0 Å². The third-order valence-corrected chi connectivity index (χ3v) is 5.75. The van der Waals surface area contributed by atoms with Gasteiger partial charge in [0.1, 0.15) is 5.82 Å². The van der Waals surface area contributed by atoms with Crippen LogP contribution in [0, 0.1) is 6.92 Å². The normalized spacial score (nSPS) is 11.4. The molecular weight excluding hydrogens is 436 g/mol. The first-order chi connectivity index (χ1) is 13.5. The summed E-state index contributed by atoms with van der Waals surface area (Å²) in [5.74, 6) is 0.547. The van der Waals surface area contributed by atoms with E-state index in [0.717, 1.165) is 21.3 Å². The van der Waals surface area contributed by atoms with Crippen molar-refractivity contribution in [1.82, 2.24) is 9.55 Å². The number of aryl methyl sites for hydroxylation is 1. The van der Waals surface area contributed by atoms with Crippen LogP contribution >= 0.6 is 27.5 Å². The third kappa shape index (κ3) is 3.53. The van der Waals surface area contributed by atoms with Gasteiger partial charge in [0.2, 0.25) is 0 Å². The summed E-state index contributed by atoms with van der Waals surface area (Å²) in [6, 6.07) is 20.7. The van der Waals surface area contributed by atoms with Crippen LogP contribution in [0.5, 0.6) is 0 Å². The van der Waals surface area contributed by atoms with Crippen molar-refractivity contribution in [2.75, 3.05) is 0 Å². The summed E-state index contributed by atoms with van der Waals surface area (Å²) < 4.78 is 2.63. The number of nitrogens with zero attached hydrogens (tertiary/aromatic N) is 2. The molecule has 0 saturated heterocycles. The van der Waals surface area contributed by atoms with E-state index in [-0.39, 0.29) is 5.56 Å². The van der Waals surface area contributed by atoms with E-state index in [9.17, 15) is 4.79 Å². The van der Waals surface area contributed by atoms with E-state index in [1.165, 1.54) is 0 Å². The van der Waals surface area contributed by atoms with Crippen LogP contribution in [0.25, 0.3) is 28.7 Å². The van der Waals surface area contributed by atoms with Crippen molar-refractivity contribution in [1.29, 1.82) is 0 Å². The zero-order valence-corrected chi connectivity index (χ0v) is 17.4. The summed E-state index contributed by atoms with van der Waals surface area (Å²) in [6.45, 7) is 1.99. The molecule has 0 N–H and O–H groups in total. The number of rotatable bonds is 3. The van der Waals surface area contributed by atoms with Gasteiger partial charge in [0.25, 0.3) is 5.56 Å². The first kappa shape index (κ1) is 18.7. The zero-order chi connectivity index (χ0) is 19.7. The maximum Gasteiger partial charge on any atom is 0.266 e. The molecule has 0 aliphatic rings. The molecule has 138 valence electrons. The molecule has 0 aliphatic heterocycles. The van der Waals surface area contributed by atoms with Crippen LogP contribution < -0.4 is 5.56 Å². The predicted octanol–water partition coefficient (Wildman–Crippen LogP) is 6.28. The smallest absolute Gasteiger partial charge is 0.266 e. The summed E-state index contributed by atoms with van der Waals surface area (Å²) >= 11 is 9.78. The fraction of sp³-hybridized carbons (Fsp3) is 0.0435. The molecule has 3 aromatic carbocycles. The molecule has 5 heteroatoms. The lowest BCUT2D eigenvalue weighted by Gasteiger charge is -2.12. The minimum atomic E-state index is -0.105. The van der Waals surface area contributed by atoms with Gasteiger partial charge in [-0.25, -0.2) is 4.98 Å². The average molecular weight is 452 g/mol. The maximum atomic E-state index is 13.3. The topological polar surface area (TPSA) is 34.9 Å². The van der Waals surface area contributed by atoms with Crippen LogP contribution in [0.3, 0.4) is 0 Å². The fourth-order valence-electron chi connectivity index (χ4n) is 3.05. The number of hydrogen-bond donors (Lipinski definition) is 0. The number of halogens is 2. The quantitative estimate of drug-likeness (QED) is 0.367. The molecule has 3 nitrogen and oxygen atoms in total. The van der Waals surface area contributed by atoms with E-state index in [0.29, 0.717) is 21.7 Å². The highest BCUT2D eigenvalue weighted by Crippen LogP contribution is 2.22. The average Bonchev–Trinajstić information content (AvgIpc) is 2.70. The largest absolute Gasteiger partial charge is 0.268 e.